The first-order chi connectivity index (χ1) is 12.3. The number of benzene rings is 1. The van der Waals surface area contributed by atoms with E-state index < -0.39 is 0 Å². The average Bonchev–Trinajstić information content (AvgIpc) is 3.01. The summed E-state index contributed by atoms with van der Waals surface area (Å²) in [4.78, 5) is 32.2. The van der Waals surface area contributed by atoms with Crippen molar-refractivity contribution in [1.29, 1.82) is 0 Å². The van der Waals surface area contributed by atoms with Crippen LogP contribution in [0.2, 0.25) is 0 Å². The van der Waals surface area contributed by atoms with Gasteiger partial charge in [-0.2, -0.15) is 4.98 Å². The van der Waals surface area contributed by atoms with Crippen LogP contribution in [0.4, 0.5) is 5.69 Å². The highest BCUT2D eigenvalue weighted by Crippen LogP contribution is 2.19. The molecule has 7 nitrogen and oxygen atoms in total. The second-order valence-electron chi connectivity index (χ2n) is 5.98. The standard InChI is InChI=1S/C18H19N5O2S/c1-10-11(2)19-17-21-18(22-23(17)12(10)3)26-9-16(25)14-5-7-15(8-6-14)20-13(4)24/h5-8H,9H2,1-4H3,(H,20,24). The predicted octanol–water partition coefficient (Wildman–Crippen LogP) is 2.98. The van der Waals surface area contributed by atoms with Gasteiger partial charge in [-0.15, -0.1) is 5.10 Å². The summed E-state index contributed by atoms with van der Waals surface area (Å²) in [5.74, 6) is 0.598. The van der Waals surface area contributed by atoms with Gasteiger partial charge >= 0.3 is 0 Å². The first kappa shape index (κ1) is 18.1. The Kier molecular flexibility index (Phi) is 5.03. The van der Waals surface area contributed by atoms with Crippen molar-refractivity contribution in [2.24, 2.45) is 0 Å². The van der Waals surface area contributed by atoms with Crippen molar-refractivity contribution < 1.29 is 9.59 Å². The maximum Gasteiger partial charge on any atom is 0.253 e. The third-order valence-electron chi connectivity index (χ3n) is 4.10. The van der Waals surface area contributed by atoms with Crippen LogP contribution in [-0.2, 0) is 4.79 Å². The topological polar surface area (TPSA) is 89.2 Å². The number of fused-ring (bicyclic) bond motifs is 1. The molecule has 3 rings (SSSR count). The molecule has 0 saturated heterocycles. The van der Waals surface area contributed by atoms with E-state index >= 15 is 0 Å². The van der Waals surface area contributed by atoms with E-state index in [1.54, 1.807) is 28.8 Å². The molecule has 2 heterocycles. The van der Waals surface area contributed by atoms with Gasteiger partial charge in [0.15, 0.2) is 5.78 Å². The molecule has 0 saturated carbocycles. The van der Waals surface area contributed by atoms with Crippen LogP contribution in [0.3, 0.4) is 0 Å². The lowest BCUT2D eigenvalue weighted by atomic mass is 10.1. The number of hydrogen-bond acceptors (Lipinski definition) is 6. The van der Waals surface area contributed by atoms with Gasteiger partial charge in [0.05, 0.1) is 5.75 Å². The zero-order valence-corrected chi connectivity index (χ0v) is 15.8. The highest BCUT2D eigenvalue weighted by Gasteiger charge is 2.13. The normalized spacial score (nSPS) is 10.9. The second-order valence-corrected chi connectivity index (χ2v) is 6.93. The number of thioether (sulfide) groups is 1. The van der Waals surface area contributed by atoms with Crippen molar-refractivity contribution in [1.82, 2.24) is 19.6 Å². The molecule has 0 aliphatic carbocycles. The Bertz CT molecular complexity index is 995. The fraction of sp³-hybridized carbons (Fsp3) is 0.278. The highest BCUT2D eigenvalue weighted by molar-refractivity contribution is 7.99. The van der Waals surface area contributed by atoms with Gasteiger partial charge in [-0.25, -0.2) is 9.50 Å². The fourth-order valence-electron chi connectivity index (χ4n) is 2.45. The van der Waals surface area contributed by atoms with Gasteiger partial charge in [-0.05, 0) is 50.6 Å². The van der Waals surface area contributed by atoms with E-state index in [9.17, 15) is 9.59 Å². The van der Waals surface area contributed by atoms with E-state index in [4.69, 9.17) is 0 Å². The molecule has 26 heavy (non-hydrogen) atoms. The molecule has 0 unspecified atom stereocenters. The van der Waals surface area contributed by atoms with Gasteiger partial charge in [0, 0.05) is 29.6 Å². The van der Waals surface area contributed by atoms with Crippen LogP contribution < -0.4 is 5.32 Å². The number of carbonyl (C=O) groups excluding carboxylic acids is 2. The Morgan fingerprint density at radius 2 is 1.81 bits per heavy atom. The molecule has 2 aromatic heterocycles. The third kappa shape index (κ3) is 3.75. The lowest BCUT2D eigenvalue weighted by Gasteiger charge is -2.04. The van der Waals surface area contributed by atoms with Crippen molar-refractivity contribution in [3.05, 3.63) is 46.8 Å². The number of amides is 1. The average molecular weight is 369 g/mol. The molecule has 0 spiro atoms. The predicted molar refractivity (Wildman–Crippen MR) is 101 cm³/mol. The van der Waals surface area contributed by atoms with Crippen molar-refractivity contribution in [3.8, 4) is 0 Å². The lowest BCUT2D eigenvalue weighted by Crippen LogP contribution is -2.07. The van der Waals surface area contributed by atoms with E-state index in [0.29, 0.717) is 22.2 Å². The number of anilines is 1. The van der Waals surface area contributed by atoms with Crippen molar-refractivity contribution in [2.75, 3.05) is 11.1 Å². The van der Waals surface area contributed by atoms with Gasteiger partial charge in [0.2, 0.25) is 11.1 Å². The van der Waals surface area contributed by atoms with Crippen LogP contribution in [0.1, 0.15) is 34.2 Å². The van der Waals surface area contributed by atoms with Crippen LogP contribution >= 0.6 is 11.8 Å². The van der Waals surface area contributed by atoms with Crippen LogP contribution in [0.15, 0.2) is 29.4 Å². The highest BCUT2D eigenvalue weighted by atomic mass is 32.2. The lowest BCUT2D eigenvalue weighted by molar-refractivity contribution is -0.114. The van der Waals surface area contributed by atoms with Gasteiger partial charge in [0.25, 0.3) is 5.78 Å². The molecule has 0 fully saturated rings. The molecule has 0 bridgehead atoms. The van der Waals surface area contributed by atoms with Crippen molar-refractivity contribution in [2.45, 2.75) is 32.9 Å². The van der Waals surface area contributed by atoms with Crippen LogP contribution in [0.25, 0.3) is 5.78 Å². The second kappa shape index (κ2) is 7.25. The van der Waals surface area contributed by atoms with Crippen LogP contribution in [-0.4, -0.2) is 37.0 Å². The monoisotopic (exact) mass is 369 g/mol. The Morgan fingerprint density at radius 3 is 2.46 bits per heavy atom. The fourth-order valence-corrected chi connectivity index (χ4v) is 3.17. The Morgan fingerprint density at radius 1 is 1.12 bits per heavy atom. The summed E-state index contributed by atoms with van der Waals surface area (Å²) in [7, 11) is 0. The number of rotatable bonds is 5. The summed E-state index contributed by atoms with van der Waals surface area (Å²) in [6.45, 7) is 7.36. The van der Waals surface area contributed by atoms with E-state index in [-0.39, 0.29) is 17.4 Å². The van der Waals surface area contributed by atoms with E-state index in [2.05, 4.69) is 20.4 Å². The van der Waals surface area contributed by atoms with E-state index in [1.807, 2.05) is 20.8 Å². The maximum absolute atomic E-state index is 12.4. The van der Waals surface area contributed by atoms with Gasteiger partial charge in [-0.3, -0.25) is 9.59 Å². The minimum Gasteiger partial charge on any atom is -0.326 e. The molecular weight excluding hydrogens is 350 g/mol. The first-order valence-corrected chi connectivity index (χ1v) is 9.08. The Balaban J connectivity index is 1.70. The molecule has 1 amide bonds. The number of nitrogens with one attached hydrogen (secondary N) is 1. The number of aromatic nitrogens is 4. The summed E-state index contributed by atoms with van der Waals surface area (Å²) in [6.07, 6.45) is 0. The number of nitrogens with zero attached hydrogens (tertiary/aromatic N) is 4. The molecule has 8 heteroatoms. The molecule has 1 N–H and O–H groups in total. The summed E-state index contributed by atoms with van der Waals surface area (Å²) in [5, 5.41) is 7.63. The molecule has 134 valence electrons. The quantitative estimate of drug-likeness (QED) is 0.549. The smallest absolute Gasteiger partial charge is 0.253 e. The van der Waals surface area contributed by atoms with Crippen molar-refractivity contribution >= 4 is 34.9 Å². The van der Waals surface area contributed by atoms with E-state index in [1.165, 1.54) is 18.7 Å². The zero-order chi connectivity index (χ0) is 18.8. The SMILES string of the molecule is CC(=O)Nc1ccc(C(=O)CSc2nc3nc(C)c(C)c(C)n3n2)cc1. The van der Waals surface area contributed by atoms with Crippen molar-refractivity contribution in [3.63, 3.8) is 0 Å². The third-order valence-corrected chi connectivity index (χ3v) is 4.94. The Hall–Kier alpha value is -2.74. The van der Waals surface area contributed by atoms with Crippen LogP contribution in [0.5, 0.6) is 0 Å². The molecule has 3 aromatic rings. The number of ketones is 1. The minimum absolute atomic E-state index is 0.0275. The Labute approximate surface area is 155 Å². The molecular formula is C18H19N5O2S. The maximum atomic E-state index is 12.4. The number of aryl methyl sites for hydroxylation is 2. The summed E-state index contributed by atoms with van der Waals surface area (Å²) in [5.41, 5.74) is 4.24. The van der Waals surface area contributed by atoms with Gasteiger partial charge in [-0.1, -0.05) is 11.8 Å². The molecule has 0 atom stereocenters. The van der Waals surface area contributed by atoms with E-state index in [0.717, 1.165) is 17.0 Å². The van der Waals surface area contributed by atoms with Crippen LogP contribution in [0, 0.1) is 20.8 Å². The number of hydrogen-bond donors (Lipinski definition) is 1. The molecule has 0 aliphatic heterocycles. The number of Topliss-reactive ketones (excluding diaryl/α,β-unsaturated/α-hetero) is 1. The first-order valence-electron chi connectivity index (χ1n) is 8.09. The summed E-state index contributed by atoms with van der Waals surface area (Å²) < 4.78 is 1.71. The summed E-state index contributed by atoms with van der Waals surface area (Å²) >= 11 is 1.28. The minimum atomic E-state index is -0.146. The zero-order valence-electron chi connectivity index (χ0n) is 15.0. The van der Waals surface area contributed by atoms with Gasteiger partial charge < -0.3 is 5.32 Å². The van der Waals surface area contributed by atoms with Gasteiger partial charge in [0.1, 0.15) is 0 Å². The number of carbonyl (C=O) groups is 2. The summed E-state index contributed by atoms with van der Waals surface area (Å²) in [6, 6.07) is 6.82. The molecule has 0 aliphatic rings. The largest absolute Gasteiger partial charge is 0.326 e. The molecule has 1 aromatic carbocycles. The molecule has 0 radical (unpaired) electrons.